The van der Waals surface area contributed by atoms with Crippen LogP contribution >= 0.6 is 0 Å². The van der Waals surface area contributed by atoms with Crippen LogP contribution in [0.4, 0.5) is 0 Å². The minimum atomic E-state index is -0.552. The summed E-state index contributed by atoms with van der Waals surface area (Å²) in [5.74, 6) is 0. The molecule has 5 heteroatoms. The molecular weight excluding hydrogens is 266 g/mol. The lowest BCUT2D eigenvalue weighted by atomic mass is 9.94. The second kappa shape index (κ2) is 5.24. The molecular formula is C16H21N3O2. The molecule has 1 fully saturated rings. The summed E-state index contributed by atoms with van der Waals surface area (Å²) in [6.07, 6.45) is 3.29. The Hall–Kier alpha value is -1.72. The minimum Gasteiger partial charge on any atom is -0.390 e. The van der Waals surface area contributed by atoms with Crippen LogP contribution in [0.2, 0.25) is 0 Å². The van der Waals surface area contributed by atoms with Crippen molar-refractivity contribution in [2.24, 2.45) is 0 Å². The number of pyridine rings is 1. The Bertz CT molecular complexity index is 711. The fourth-order valence-electron chi connectivity index (χ4n) is 2.76. The number of aryl methyl sites for hydroxylation is 1. The number of rotatable bonds is 2. The van der Waals surface area contributed by atoms with Crippen LogP contribution in [0.3, 0.4) is 0 Å². The standard InChI is InChI=1S/C16H21N3O2/c1-12-3-6-19-14(9-12)17-13(10-15(19)20)11-18-7-4-16(2,21)5-8-18/h3,6,9-10,21H,4-5,7-8,11H2,1-2H3. The van der Waals surface area contributed by atoms with Gasteiger partial charge in [-0.05, 0) is 44.4 Å². The third-order valence-corrected chi connectivity index (χ3v) is 4.19. The van der Waals surface area contributed by atoms with Gasteiger partial charge in [-0.1, -0.05) is 0 Å². The van der Waals surface area contributed by atoms with Crippen molar-refractivity contribution in [3.63, 3.8) is 0 Å². The SMILES string of the molecule is Cc1ccn2c(=O)cc(CN3CCC(C)(O)CC3)nc2c1. The van der Waals surface area contributed by atoms with E-state index in [0.717, 1.165) is 37.2 Å². The normalized spacial score (nSPS) is 19.0. The molecule has 0 saturated carbocycles. The van der Waals surface area contributed by atoms with Gasteiger partial charge in [-0.3, -0.25) is 14.1 Å². The molecule has 0 spiro atoms. The molecule has 1 aliphatic heterocycles. The number of likely N-dealkylation sites (tertiary alicyclic amines) is 1. The highest BCUT2D eigenvalue weighted by Crippen LogP contribution is 2.21. The number of nitrogens with zero attached hydrogens (tertiary/aromatic N) is 3. The van der Waals surface area contributed by atoms with Gasteiger partial charge in [-0.15, -0.1) is 0 Å². The Kier molecular flexibility index (Phi) is 3.55. The molecule has 3 heterocycles. The molecule has 0 unspecified atom stereocenters. The first-order valence-electron chi connectivity index (χ1n) is 7.37. The van der Waals surface area contributed by atoms with Crippen LogP contribution in [0.5, 0.6) is 0 Å². The fourth-order valence-corrected chi connectivity index (χ4v) is 2.76. The van der Waals surface area contributed by atoms with Crippen LogP contribution in [0.15, 0.2) is 29.2 Å². The van der Waals surface area contributed by atoms with Crippen molar-refractivity contribution in [3.05, 3.63) is 46.0 Å². The van der Waals surface area contributed by atoms with Gasteiger partial charge < -0.3 is 5.11 Å². The number of aliphatic hydroxyl groups is 1. The van der Waals surface area contributed by atoms with Crippen molar-refractivity contribution in [1.29, 1.82) is 0 Å². The summed E-state index contributed by atoms with van der Waals surface area (Å²) < 4.78 is 1.57. The minimum absolute atomic E-state index is 0.0426. The van der Waals surface area contributed by atoms with Crippen LogP contribution < -0.4 is 5.56 Å². The number of hydrogen-bond donors (Lipinski definition) is 1. The van der Waals surface area contributed by atoms with E-state index in [-0.39, 0.29) is 5.56 Å². The van der Waals surface area contributed by atoms with Crippen molar-refractivity contribution in [1.82, 2.24) is 14.3 Å². The molecule has 112 valence electrons. The summed E-state index contributed by atoms with van der Waals surface area (Å²) in [6.45, 7) is 6.21. The Morgan fingerprint density at radius 3 is 2.76 bits per heavy atom. The average Bonchev–Trinajstić information content (AvgIpc) is 2.41. The van der Waals surface area contributed by atoms with Crippen molar-refractivity contribution < 1.29 is 5.11 Å². The molecule has 0 aliphatic carbocycles. The molecule has 0 amide bonds. The predicted molar refractivity (Wildman–Crippen MR) is 81.3 cm³/mol. The summed E-state index contributed by atoms with van der Waals surface area (Å²) in [7, 11) is 0. The number of piperidine rings is 1. The quantitative estimate of drug-likeness (QED) is 0.906. The summed E-state index contributed by atoms with van der Waals surface area (Å²) in [6, 6.07) is 5.43. The van der Waals surface area contributed by atoms with E-state index >= 15 is 0 Å². The number of fused-ring (bicyclic) bond motifs is 1. The Labute approximate surface area is 123 Å². The largest absolute Gasteiger partial charge is 0.390 e. The van der Waals surface area contributed by atoms with Gasteiger partial charge in [-0.25, -0.2) is 4.98 Å². The molecule has 5 nitrogen and oxygen atoms in total. The highest BCUT2D eigenvalue weighted by molar-refractivity contribution is 5.41. The summed E-state index contributed by atoms with van der Waals surface area (Å²) in [5, 5.41) is 9.98. The van der Waals surface area contributed by atoms with E-state index in [0.29, 0.717) is 12.2 Å². The molecule has 0 aromatic carbocycles. The first kappa shape index (κ1) is 14.2. The zero-order valence-electron chi connectivity index (χ0n) is 12.5. The van der Waals surface area contributed by atoms with Crippen molar-refractivity contribution in [3.8, 4) is 0 Å². The van der Waals surface area contributed by atoms with Crippen molar-refractivity contribution in [2.75, 3.05) is 13.1 Å². The highest BCUT2D eigenvalue weighted by atomic mass is 16.3. The highest BCUT2D eigenvalue weighted by Gasteiger charge is 2.27. The first-order valence-corrected chi connectivity index (χ1v) is 7.37. The van der Waals surface area contributed by atoms with Crippen LogP contribution in [0.25, 0.3) is 5.65 Å². The van der Waals surface area contributed by atoms with E-state index in [1.54, 1.807) is 16.7 Å². The Morgan fingerprint density at radius 2 is 2.05 bits per heavy atom. The van der Waals surface area contributed by atoms with Gasteiger partial charge in [0.05, 0.1) is 11.3 Å². The monoisotopic (exact) mass is 287 g/mol. The predicted octanol–water partition coefficient (Wildman–Crippen LogP) is 1.35. The van der Waals surface area contributed by atoms with Gasteiger partial charge in [0.2, 0.25) is 0 Å². The third-order valence-electron chi connectivity index (χ3n) is 4.19. The van der Waals surface area contributed by atoms with Gasteiger partial charge in [0, 0.05) is 31.9 Å². The van der Waals surface area contributed by atoms with Crippen LogP contribution in [-0.4, -0.2) is 38.1 Å². The summed E-state index contributed by atoms with van der Waals surface area (Å²) in [4.78, 5) is 18.9. The van der Waals surface area contributed by atoms with E-state index < -0.39 is 5.60 Å². The Balaban J connectivity index is 1.83. The lowest BCUT2D eigenvalue weighted by Gasteiger charge is -2.35. The van der Waals surface area contributed by atoms with Crippen molar-refractivity contribution >= 4 is 5.65 Å². The number of hydrogen-bond acceptors (Lipinski definition) is 4. The van der Waals surface area contributed by atoms with Crippen LogP contribution in [0, 0.1) is 6.92 Å². The van der Waals surface area contributed by atoms with E-state index in [4.69, 9.17) is 0 Å². The van der Waals surface area contributed by atoms with E-state index in [1.165, 1.54) is 0 Å². The molecule has 1 aliphatic rings. The second-order valence-electron chi connectivity index (χ2n) is 6.29. The zero-order valence-corrected chi connectivity index (χ0v) is 12.5. The Morgan fingerprint density at radius 1 is 1.33 bits per heavy atom. The molecule has 0 atom stereocenters. The molecule has 3 rings (SSSR count). The van der Waals surface area contributed by atoms with E-state index in [2.05, 4.69) is 9.88 Å². The molecule has 21 heavy (non-hydrogen) atoms. The van der Waals surface area contributed by atoms with Gasteiger partial charge in [0.15, 0.2) is 0 Å². The lowest BCUT2D eigenvalue weighted by Crippen LogP contribution is -2.42. The third kappa shape index (κ3) is 3.14. The van der Waals surface area contributed by atoms with Crippen molar-refractivity contribution in [2.45, 2.75) is 38.8 Å². The fraction of sp³-hybridized carbons (Fsp3) is 0.500. The second-order valence-corrected chi connectivity index (χ2v) is 6.29. The maximum atomic E-state index is 12.1. The average molecular weight is 287 g/mol. The summed E-state index contributed by atoms with van der Waals surface area (Å²) >= 11 is 0. The van der Waals surface area contributed by atoms with Gasteiger partial charge >= 0.3 is 0 Å². The lowest BCUT2D eigenvalue weighted by molar-refractivity contribution is -0.00757. The topological polar surface area (TPSA) is 57.8 Å². The smallest absolute Gasteiger partial charge is 0.258 e. The molecule has 2 aromatic rings. The van der Waals surface area contributed by atoms with Gasteiger partial charge in [0.1, 0.15) is 5.65 Å². The van der Waals surface area contributed by atoms with E-state index in [9.17, 15) is 9.90 Å². The first-order chi connectivity index (χ1) is 9.93. The maximum absolute atomic E-state index is 12.1. The van der Waals surface area contributed by atoms with Gasteiger partial charge in [0.25, 0.3) is 5.56 Å². The van der Waals surface area contributed by atoms with Crippen LogP contribution in [-0.2, 0) is 6.54 Å². The molecule has 2 aromatic heterocycles. The van der Waals surface area contributed by atoms with Crippen LogP contribution in [0.1, 0.15) is 31.0 Å². The molecule has 0 radical (unpaired) electrons. The molecule has 1 N–H and O–H groups in total. The maximum Gasteiger partial charge on any atom is 0.258 e. The zero-order chi connectivity index (χ0) is 15.0. The number of aromatic nitrogens is 2. The van der Waals surface area contributed by atoms with E-state index in [1.807, 2.05) is 26.0 Å². The molecule has 0 bridgehead atoms. The van der Waals surface area contributed by atoms with Gasteiger partial charge in [-0.2, -0.15) is 0 Å². The molecule has 1 saturated heterocycles. The summed E-state index contributed by atoms with van der Waals surface area (Å²) in [5.41, 5.74) is 1.99.